The average Bonchev–Trinajstić information content (AvgIpc) is 2.38. The minimum Gasteiger partial charge on any atom is -0.478 e. The van der Waals surface area contributed by atoms with Crippen LogP contribution in [-0.4, -0.2) is 49.0 Å². The van der Waals surface area contributed by atoms with Gasteiger partial charge in [0, 0.05) is 4.47 Å². The molecule has 0 saturated carbocycles. The summed E-state index contributed by atoms with van der Waals surface area (Å²) in [6.07, 6.45) is 0. The monoisotopic (exact) mass is 387 g/mol. The van der Waals surface area contributed by atoms with Gasteiger partial charge < -0.3 is 15.3 Å². The van der Waals surface area contributed by atoms with Crippen LogP contribution >= 0.6 is 27.5 Å². The van der Waals surface area contributed by atoms with Gasteiger partial charge in [-0.05, 0) is 28.1 Å². The van der Waals surface area contributed by atoms with Crippen LogP contribution in [0.15, 0.2) is 21.5 Å². The molecule has 0 fully saturated rings. The fraction of sp³-hybridized carbons (Fsp3) is 0.300. The molecule has 10 heteroatoms. The first-order chi connectivity index (χ1) is 9.22. The molecule has 20 heavy (non-hydrogen) atoms. The number of sulfonamides is 1. The lowest BCUT2D eigenvalue weighted by Gasteiger charge is -2.14. The highest BCUT2D eigenvalue weighted by molar-refractivity contribution is 9.10. The Morgan fingerprint density at radius 2 is 1.90 bits per heavy atom. The first-order valence-electron chi connectivity index (χ1n) is 5.19. The van der Waals surface area contributed by atoms with E-state index in [-0.39, 0.29) is 20.0 Å². The molecule has 0 aliphatic carbocycles. The van der Waals surface area contributed by atoms with E-state index in [1.807, 2.05) is 4.72 Å². The Labute approximate surface area is 128 Å². The van der Waals surface area contributed by atoms with Crippen LogP contribution in [0.2, 0.25) is 5.02 Å². The third-order valence-corrected chi connectivity index (χ3v) is 5.07. The second-order valence-corrected chi connectivity index (χ2v) is 6.70. The Hall–Kier alpha value is -0.710. The van der Waals surface area contributed by atoms with Crippen molar-refractivity contribution in [3.63, 3.8) is 0 Å². The highest BCUT2D eigenvalue weighted by Crippen LogP contribution is 2.29. The van der Waals surface area contributed by atoms with E-state index in [4.69, 9.17) is 26.9 Å². The van der Waals surface area contributed by atoms with Crippen molar-refractivity contribution in [1.82, 2.24) is 4.72 Å². The molecule has 1 aromatic rings. The molecular weight excluding hydrogens is 378 g/mol. The number of hydrogen-bond acceptors (Lipinski definition) is 5. The molecule has 0 amide bonds. The fourth-order valence-corrected chi connectivity index (χ4v) is 3.37. The summed E-state index contributed by atoms with van der Waals surface area (Å²) < 4.78 is 26.2. The molecule has 0 aliphatic heterocycles. The van der Waals surface area contributed by atoms with E-state index in [0.717, 1.165) is 12.1 Å². The van der Waals surface area contributed by atoms with Crippen LogP contribution in [-0.2, 0) is 10.0 Å². The maximum atomic E-state index is 12.0. The van der Waals surface area contributed by atoms with Crippen LogP contribution in [0, 0.1) is 0 Å². The summed E-state index contributed by atoms with van der Waals surface area (Å²) >= 11 is 8.72. The molecule has 7 nitrogen and oxygen atoms in total. The van der Waals surface area contributed by atoms with Gasteiger partial charge in [-0.1, -0.05) is 11.6 Å². The quantitative estimate of drug-likeness (QED) is 0.560. The van der Waals surface area contributed by atoms with E-state index >= 15 is 0 Å². The van der Waals surface area contributed by atoms with Crippen LogP contribution in [0.1, 0.15) is 10.4 Å². The first-order valence-corrected chi connectivity index (χ1v) is 7.84. The summed E-state index contributed by atoms with van der Waals surface area (Å²) in [5.41, 5.74) is -0.383. The molecular formula is C10H11BrClNO6S. The fourth-order valence-electron chi connectivity index (χ4n) is 1.29. The Morgan fingerprint density at radius 1 is 1.35 bits per heavy atom. The van der Waals surface area contributed by atoms with E-state index < -0.39 is 35.2 Å². The van der Waals surface area contributed by atoms with Crippen LogP contribution in [0.5, 0.6) is 0 Å². The van der Waals surface area contributed by atoms with Crippen molar-refractivity contribution in [1.29, 1.82) is 0 Å². The third-order valence-electron chi connectivity index (χ3n) is 2.31. The number of carboxylic acids is 1. The minimum atomic E-state index is -4.10. The van der Waals surface area contributed by atoms with Gasteiger partial charge in [0.05, 0.1) is 34.7 Å². The van der Waals surface area contributed by atoms with Crippen LogP contribution in [0.4, 0.5) is 0 Å². The van der Waals surface area contributed by atoms with Crippen molar-refractivity contribution < 1.29 is 28.5 Å². The van der Waals surface area contributed by atoms with E-state index in [0.29, 0.717) is 0 Å². The molecule has 0 aliphatic rings. The number of aliphatic hydroxyl groups excluding tert-OH is 2. The predicted octanol–water partition coefficient (Wildman–Crippen LogP) is 0.432. The Kier molecular flexibility index (Phi) is 5.92. The van der Waals surface area contributed by atoms with E-state index in [1.54, 1.807) is 0 Å². The van der Waals surface area contributed by atoms with E-state index in [1.165, 1.54) is 0 Å². The molecule has 1 rings (SSSR count). The number of halogens is 2. The summed E-state index contributed by atoms with van der Waals surface area (Å²) in [6, 6.07) is 0.940. The number of rotatable bonds is 6. The standard InChI is InChI=1S/C10H11BrClNO6S/c11-8-2-6(1-7(9(8)12)10(16)17)20(18,19)13-5(3-14)4-15/h1-2,5,13-15H,3-4H2,(H,16,17). The maximum Gasteiger partial charge on any atom is 0.337 e. The van der Waals surface area contributed by atoms with Gasteiger partial charge in [0.25, 0.3) is 0 Å². The summed E-state index contributed by atoms with van der Waals surface area (Å²) in [5, 5.41) is 26.6. The molecule has 0 unspecified atom stereocenters. The van der Waals surface area contributed by atoms with Crippen molar-refractivity contribution in [2.45, 2.75) is 10.9 Å². The Bertz CT molecular complexity index is 616. The number of hydrogen-bond donors (Lipinski definition) is 4. The largest absolute Gasteiger partial charge is 0.478 e. The number of carbonyl (C=O) groups is 1. The Morgan fingerprint density at radius 3 is 2.35 bits per heavy atom. The smallest absolute Gasteiger partial charge is 0.337 e. The second kappa shape index (κ2) is 6.83. The van der Waals surface area contributed by atoms with Gasteiger partial charge in [0.2, 0.25) is 10.0 Å². The molecule has 0 saturated heterocycles. The lowest BCUT2D eigenvalue weighted by atomic mass is 10.2. The summed E-state index contributed by atoms with van der Waals surface area (Å²) in [5.74, 6) is -1.38. The summed E-state index contributed by atoms with van der Waals surface area (Å²) in [4.78, 5) is 10.6. The average molecular weight is 389 g/mol. The number of benzene rings is 1. The zero-order chi connectivity index (χ0) is 15.5. The number of aromatic carboxylic acids is 1. The van der Waals surface area contributed by atoms with Gasteiger partial charge in [-0.3, -0.25) is 0 Å². The zero-order valence-corrected chi connectivity index (χ0v) is 13.0. The predicted molar refractivity (Wildman–Crippen MR) is 74.4 cm³/mol. The second-order valence-electron chi connectivity index (χ2n) is 3.76. The summed E-state index contributed by atoms with van der Waals surface area (Å²) in [7, 11) is -4.10. The SMILES string of the molecule is O=C(O)c1cc(S(=O)(=O)NC(CO)CO)cc(Br)c1Cl. The van der Waals surface area contributed by atoms with Gasteiger partial charge in [-0.25, -0.2) is 17.9 Å². The van der Waals surface area contributed by atoms with Crippen molar-refractivity contribution in [2.75, 3.05) is 13.2 Å². The van der Waals surface area contributed by atoms with Gasteiger partial charge in [-0.15, -0.1) is 0 Å². The van der Waals surface area contributed by atoms with Crippen molar-refractivity contribution in [3.05, 3.63) is 27.2 Å². The minimum absolute atomic E-state index is 0.101. The molecule has 0 bridgehead atoms. The van der Waals surface area contributed by atoms with Crippen LogP contribution < -0.4 is 4.72 Å². The zero-order valence-electron chi connectivity index (χ0n) is 9.88. The van der Waals surface area contributed by atoms with Crippen LogP contribution in [0.25, 0.3) is 0 Å². The van der Waals surface area contributed by atoms with Crippen molar-refractivity contribution >= 4 is 43.5 Å². The van der Waals surface area contributed by atoms with Crippen molar-refractivity contribution in [3.8, 4) is 0 Å². The van der Waals surface area contributed by atoms with Crippen LogP contribution in [0.3, 0.4) is 0 Å². The number of carboxylic acid groups (broad SMARTS) is 1. The number of nitrogens with one attached hydrogen (secondary N) is 1. The van der Waals surface area contributed by atoms with E-state index in [2.05, 4.69) is 15.9 Å². The third kappa shape index (κ3) is 3.90. The number of aliphatic hydroxyl groups is 2. The normalized spacial score (nSPS) is 11.8. The molecule has 0 spiro atoms. The van der Waals surface area contributed by atoms with E-state index in [9.17, 15) is 13.2 Å². The topological polar surface area (TPSA) is 124 Å². The highest BCUT2D eigenvalue weighted by Gasteiger charge is 2.23. The molecule has 1 aromatic carbocycles. The molecule has 0 heterocycles. The molecule has 0 radical (unpaired) electrons. The molecule has 0 atom stereocenters. The van der Waals surface area contributed by atoms with Crippen molar-refractivity contribution in [2.24, 2.45) is 0 Å². The van der Waals surface area contributed by atoms with Gasteiger partial charge in [0.15, 0.2) is 0 Å². The lowest BCUT2D eigenvalue weighted by Crippen LogP contribution is -2.40. The van der Waals surface area contributed by atoms with Gasteiger partial charge >= 0.3 is 5.97 Å². The van der Waals surface area contributed by atoms with Gasteiger partial charge in [0.1, 0.15) is 0 Å². The highest BCUT2D eigenvalue weighted by atomic mass is 79.9. The molecule has 4 N–H and O–H groups in total. The summed E-state index contributed by atoms with van der Waals surface area (Å²) in [6.45, 7) is -1.20. The maximum absolute atomic E-state index is 12.0. The molecule has 0 aromatic heterocycles. The lowest BCUT2D eigenvalue weighted by molar-refractivity contribution is 0.0696. The molecule has 112 valence electrons. The Balaban J connectivity index is 3.29. The van der Waals surface area contributed by atoms with Gasteiger partial charge in [-0.2, -0.15) is 0 Å². The first kappa shape index (κ1) is 17.3.